The van der Waals surface area contributed by atoms with Gasteiger partial charge in [-0.25, -0.2) is 0 Å². The summed E-state index contributed by atoms with van der Waals surface area (Å²) >= 11 is 0. The molecular weight excluding hydrogens is 195 g/mol. The summed E-state index contributed by atoms with van der Waals surface area (Å²) in [6.07, 6.45) is 2.60. The van der Waals surface area contributed by atoms with Crippen LogP contribution in [0.15, 0.2) is 42.2 Å². The lowest BCUT2D eigenvalue weighted by Crippen LogP contribution is -1.92. The first-order valence-corrected chi connectivity index (χ1v) is 6.55. The second kappa shape index (κ2) is 5.14. The summed E-state index contributed by atoms with van der Waals surface area (Å²) < 4.78 is 11.5. The molecule has 0 amide bonds. The van der Waals surface area contributed by atoms with Gasteiger partial charge < -0.3 is 4.89 Å². The van der Waals surface area contributed by atoms with Crippen molar-refractivity contribution in [3.63, 3.8) is 0 Å². The molecule has 2 nitrogen and oxygen atoms in total. The maximum atomic E-state index is 11.5. The van der Waals surface area contributed by atoms with E-state index in [-0.39, 0.29) is 0 Å². The minimum Gasteiger partial charge on any atom is -0.341 e. The Balaban J connectivity index is 2.53. The molecule has 1 N–H and O–H groups in total. The molecule has 0 aliphatic heterocycles. The summed E-state index contributed by atoms with van der Waals surface area (Å²) in [7, 11) is -3.04. The maximum absolute atomic E-state index is 11.5. The monoisotopic (exact) mass is 210 g/mol. The molecule has 0 aromatic heterocycles. The molecule has 1 atom stereocenters. The van der Waals surface area contributed by atoms with Gasteiger partial charge in [-0.1, -0.05) is 36.4 Å². The third-order valence-electron chi connectivity index (χ3n) is 1.95. The van der Waals surface area contributed by atoms with Crippen LogP contribution in [-0.4, -0.2) is 11.1 Å². The summed E-state index contributed by atoms with van der Waals surface area (Å²) in [5.41, 5.74) is 1.10. The third kappa shape index (κ3) is 3.91. The minimum atomic E-state index is -3.04. The van der Waals surface area contributed by atoms with Crippen molar-refractivity contribution in [3.8, 4) is 0 Å². The molecule has 1 rings (SSSR count). The molecule has 0 aliphatic rings. The van der Waals surface area contributed by atoms with Crippen LogP contribution in [0.25, 0.3) is 0 Å². The van der Waals surface area contributed by atoms with Crippen LogP contribution in [0.4, 0.5) is 0 Å². The number of rotatable bonds is 4. The van der Waals surface area contributed by atoms with Gasteiger partial charge in [-0.2, -0.15) is 0 Å². The molecule has 0 saturated heterocycles. The highest BCUT2D eigenvalue weighted by Crippen LogP contribution is 2.42. The van der Waals surface area contributed by atoms with Crippen LogP contribution in [0.2, 0.25) is 0 Å². The molecule has 14 heavy (non-hydrogen) atoms. The van der Waals surface area contributed by atoms with E-state index in [0.717, 1.165) is 5.56 Å². The predicted molar refractivity (Wildman–Crippen MR) is 59.7 cm³/mol. The van der Waals surface area contributed by atoms with Gasteiger partial charge in [0, 0.05) is 6.16 Å². The lowest BCUT2D eigenvalue weighted by molar-refractivity contribution is 0.488. The van der Waals surface area contributed by atoms with Crippen molar-refractivity contribution in [2.45, 2.75) is 13.3 Å². The van der Waals surface area contributed by atoms with E-state index in [9.17, 15) is 9.46 Å². The van der Waals surface area contributed by atoms with E-state index in [0.29, 0.717) is 12.6 Å². The van der Waals surface area contributed by atoms with Gasteiger partial charge >= 0.3 is 0 Å². The summed E-state index contributed by atoms with van der Waals surface area (Å²) in [5.74, 6) is 1.40. The van der Waals surface area contributed by atoms with E-state index in [1.165, 1.54) is 5.82 Å². The van der Waals surface area contributed by atoms with E-state index >= 15 is 0 Å². The Bertz CT molecular complexity index is 344. The molecule has 1 aromatic rings. The maximum Gasteiger partial charge on any atom is 0.222 e. The fourth-order valence-corrected chi connectivity index (χ4v) is 2.43. The highest BCUT2D eigenvalue weighted by atomic mass is 31.2. The second-order valence-electron chi connectivity index (χ2n) is 3.20. The van der Waals surface area contributed by atoms with Crippen LogP contribution < -0.4 is 0 Å². The largest absolute Gasteiger partial charge is 0.341 e. The van der Waals surface area contributed by atoms with Gasteiger partial charge in [0.2, 0.25) is 7.37 Å². The van der Waals surface area contributed by atoms with E-state index < -0.39 is 7.37 Å². The number of hydrogen-bond donors (Lipinski definition) is 1. The Morgan fingerprint density at radius 1 is 1.36 bits per heavy atom. The molecule has 76 valence electrons. The van der Waals surface area contributed by atoms with Gasteiger partial charge in [0.05, 0.1) is 0 Å². The molecule has 1 aromatic carbocycles. The van der Waals surface area contributed by atoms with E-state index in [4.69, 9.17) is 0 Å². The normalized spacial score (nSPS) is 15.6. The Labute approximate surface area is 84.7 Å². The van der Waals surface area contributed by atoms with Crippen molar-refractivity contribution >= 4 is 7.37 Å². The number of allylic oxidation sites excluding steroid dienone is 1. The first-order valence-electron chi connectivity index (χ1n) is 4.63. The van der Waals surface area contributed by atoms with Crippen LogP contribution in [-0.2, 0) is 11.0 Å². The highest BCUT2D eigenvalue weighted by Gasteiger charge is 2.12. The van der Waals surface area contributed by atoms with Gasteiger partial charge in [0.25, 0.3) is 0 Å². The van der Waals surface area contributed by atoms with Gasteiger partial charge in [0.15, 0.2) is 0 Å². The topological polar surface area (TPSA) is 37.3 Å². The highest BCUT2D eigenvalue weighted by molar-refractivity contribution is 7.61. The van der Waals surface area contributed by atoms with E-state index in [1.807, 2.05) is 30.3 Å². The fraction of sp³-hybridized carbons (Fsp3) is 0.273. The Hall–Kier alpha value is -0.850. The van der Waals surface area contributed by atoms with Crippen molar-refractivity contribution in [2.24, 2.45) is 0 Å². The molecule has 0 saturated carbocycles. The third-order valence-corrected chi connectivity index (χ3v) is 3.57. The molecule has 0 aliphatic carbocycles. The Kier molecular flexibility index (Phi) is 4.12. The predicted octanol–water partition coefficient (Wildman–Crippen LogP) is 3.03. The summed E-state index contributed by atoms with van der Waals surface area (Å²) in [4.78, 5) is 9.44. The summed E-state index contributed by atoms with van der Waals surface area (Å²) in [6, 6.07) is 9.75. The second-order valence-corrected chi connectivity index (χ2v) is 5.45. The van der Waals surface area contributed by atoms with Gasteiger partial charge in [-0.05, 0) is 24.7 Å². The van der Waals surface area contributed by atoms with E-state index in [2.05, 4.69) is 0 Å². The average Bonchev–Trinajstić information content (AvgIpc) is 2.17. The standard InChI is InChI=1S/C11H15O2P/c1-2-9-14(12,13)10-8-11-6-4-3-5-7-11/h2-7,9H,8,10H2,1H3,(H,12,13). The van der Waals surface area contributed by atoms with Crippen LogP contribution in [0, 0.1) is 0 Å². The first-order chi connectivity index (χ1) is 6.64. The van der Waals surface area contributed by atoms with Crippen LogP contribution >= 0.6 is 7.37 Å². The SMILES string of the molecule is CC=CP(=O)(O)CCc1ccccc1. The number of hydrogen-bond acceptors (Lipinski definition) is 1. The van der Waals surface area contributed by atoms with Gasteiger partial charge in [-0.3, -0.25) is 4.57 Å². The minimum absolute atomic E-state index is 0.321. The van der Waals surface area contributed by atoms with Crippen molar-refractivity contribution in [2.75, 3.05) is 6.16 Å². The lowest BCUT2D eigenvalue weighted by atomic mass is 10.2. The zero-order chi connectivity index (χ0) is 10.4. The van der Waals surface area contributed by atoms with Crippen LogP contribution in [0.5, 0.6) is 0 Å². The van der Waals surface area contributed by atoms with Gasteiger partial charge in [0.1, 0.15) is 0 Å². The van der Waals surface area contributed by atoms with Crippen LogP contribution in [0.3, 0.4) is 0 Å². The van der Waals surface area contributed by atoms with Gasteiger partial charge in [-0.15, -0.1) is 0 Å². The first kappa shape index (κ1) is 11.2. The zero-order valence-corrected chi connectivity index (χ0v) is 9.15. The molecule has 0 heterocycles. The Morgan fingerprint density at radius 2 is 2.00 bits per heavy atom. The Morgan fingerprint density at radius 3 is 2.57 bits per heavy atom. The number of benzene rings is 1. The fourth-order valence-electron chi connectivity index (χ4n) is 1.24. The molecule has 3 heteroatoms. The lowest BCUT2D eigenvalue weighted by Gasteiger charge is -2.05. The summed E-state index contributed by atoms with van der Waals surface area (Å²) in [6.45, 7) is 1.76. The average molecular weight is 210 g/mol. The van der Waals surface area contributed by atoms with Crippen molar-refractivity contribution in [1.82, 2.24) is 0 Å². The molecule has 1 unspecified atom stereocenters. The van der Waals surface area contributed by atoms with Crippen molar-refractivity contribution in [3.05, 3.63) is 47.8 Å². The molecule has 0 bridgehead atoms. The van der Waals surface area contributed by atoms with Crippen molar-refractivity contribution in [1.29, 1.82) is 0 Å². The summed E-state index contributed by atoms with van der Waals surface area (Å²) in [5, 5.41) is 0. The molecule has 0 spiro atoms. The smallest absolute Gasteiger partial charge is 0.222 e. The quantitative estimate of drug-likeness (QED) is 0.775. The van der Waals surface area contributed by atoms with Crippen molar-refractivity contribution < 1.29 is 9.46 Å². The molecule has 0 radical (unpaired) electrons. The molecular formula is C11H15O2P. The zero-order valence-electron chi connectivity index (χ0n) is 8.26. The molecule has 0 fully saturated rings. The van der Waals surface area contributed by atoms with Crippen LogP contribution in [0.1, 0.15) is 12.5 Å². The van der Waals surface area contributed by atoms with E-state index in [1.54, 1.807) is 13.0 Å². The number of aryl methyl sites for hydroxylation is 1.